The van der Waals surface area contributed by atoms with Crippen LogP contribution in [0.25, 0.3) is 0 Å². The van der Waals surface area contributed by atoms with Crippen molar-refractivity contribution in [2.24, 2.45) is 0 Å². The normalized spacial score (nSPS) is 12.5. The van der Waals surface area contributed by atoms with Gasteiger partial charge < -0.3 is 4.74 Å². The van der Waals surface area contributed by atoms with Crippen molar-refractivity contribution >= 4 is 0 Å². The smallest absolute Gasteiger partial charge is 0.143 e. The number of rotatable bonds is 6. The first-order valence-electron chi connectivity index (χ1n) is 7.41. The van der Waals surface area contributed by atoms with E-state index in [9.17, 15) is 0 Å². The van der Waals surface area contributed by atoms with E-state index in [2.05, 4.69) is 43.0 Å². The second-order valence-corrected chi connectivity index (χ2v) is 4.96. The maximum Gasteiger partial charge on any atom is 0.143 e. The van der Waals surface area contributed by atoms with Crippen molar-refractivity contribution in [2.45, 2.75) is 12.5 Å². The zero-order valence-electron chi connectivity index (χ0n) is 13.2. The van der Waals surface area contributed by atoms with Gasteiger partial charge in [-0.1, -0.05) is 91.5 Å². The Labute approximate surface area is 133 Å². The minimum absolute atomic E-state index is 0.628. The number of ether oxygens (including phenoxy) is 1. The fraction of sp³-hybridized carbons (Fsp3) is 0.143. The van der Waals surface area contributed by atoms with E-state index in [0.29, 0.717) is 0 Å². The molecule has 0 bridgehead atoms. The Kier molecular flexibility index (Phi) is 5.51. The van der Waals surface area contributed by atoms with Crippen LogP contribution < -0.4 is 0 Å². The second kappa shape index (κ2) is 7.58. The van der Waals surface area contributed by atoms with Crippen LogP contribution in [0.4, 0.5) is 0 Å². The summed E-state index contributed by atoms with van der Waals surface area (Å²) in [5, 5.41) is 0. The average molecular weight is 290 g/mol. The summed E-state index contributed by atoms with van der Waals surface area (Å²) in [6.45, 7) is 5.80. The Morgan fingerprint density at radius 3 is 1.82 bits per heavy atom. The third kappa shape index (κ3) is 2.95. The highest BCUT2D eigenvalue weighted by Crippen LogP contribution is 2.40. The number of benzene rings is 2. The van der Waals surface area contributed by atoms with E-state index >= 15 is 0 Å². The van der Waals surface area contributed by atoms with Gasteiger partial charge in [0.2, 0.25) is 0 Å². The summed E-state index contributed by atoms with van der Waals surface area (Å²) in [6, 6.07) is 20.6. The van der Waals surface area contributed by atoms with E-state index in [0.717, 1.165) is 16.7 Å². The zero-order valence-corrected chi connectivity index (χ0v) is 13.2. The fourth-order valence-corrected chi connectivity index (χ4v) is 2.79. The number of methoxy groups -OCH3 is 1. The molecule has 0 amide bonds. The highest BCUT2D eigenvalue weighted by atomic mass is 16.5. The SMILES string of the molecule is C=C/C=C\C(=C/C)C(OC)(c1ccccc1)c1ccccc1. The van der Waals surface area contributed by atoms with Crippen LogP contribution >= 0.6 is 0 Å². The molecule has 0 saturated carbocycles. The summed E-state index contributed by atoms with van der Waals surface area (Å²) in [6.07, 6.45) is 7.86. The van der Waals surface area contributed by atoms with Crippen molar-refractivity contribution in [1.29, 1.82) is 0 Å². The first-order chi connectivity index (χ1) is 10.8. The molecule has 2 aromatic carbocycles. The molecule has 0 fully saturated rings. The Morgan fingerprint density at radius 1 is 0.955 bits per heavy atom. The van der Waals surface area contributed by atoms with Gasteiger partial charge in [0.05, 0.1) is 0 Å². The van der Waals surface area contributed by atoms with E-state index in [-0.39, 0.29) is 0 Å². The minimum atomic E-state index is -0.628. The van der Waals surface area contributed by atoms with Crippen LogP contribution in [-0.4, -0.2) is 7.11 Å². The van der Waals surface area contributed by atoms with Crippen molar-refractivity contribution in [1.82, 2.24) is 0 Å². The summed E-state index contributed by atoms with van der Waals surface area (Å²) in [4.78, 5) is 0. The number of hydrogen-bond donors (Lipinski definition) is 0. The quantitative estimate of drug-likeness (QED) is 0.659. The fourth-order valence-electron chi connectivity index (χ4n) is 2.79. The molecule has 0 spiro atoms. The van der Waals surface area contributed by atoms with Crippen LogP contribution in [0, 0.1) is 0 Å². The molecule has 0 radical (unpaired) electrons. The van der Waals surface area contributed by atoms with Crippen molar-refractivity contribution in [2.75, 3.05) is 7.11 Å². The van der Waals surface area contributed by atoms with Crippen LogP contribution in [0.1, 0.15) is 18.1 Å². The molecule has 0 aliphatic heterocycles. The molecule has 2 aromatic rings. The van der Waals surface area contributed by atoms with Crippen LogP contribution in [0.5, 0.6) is 0 Å². The lowest BCUT2D eigenvalue weighted by molar-refractivity contribution is 0.0577. The molecular formula is C21H22O. The van der Waals surface area contributed by atoms with Gasteiger partial charge in [0.1, 0.15) is 5.60 Å². The maximum atomic E-state index is 6.11. The molecule has 112 valence electrons. The van der Waals surface area contributed by atoms with Gasteiger partial charge >= 0.3 is 0 Å². The first-order valence-corrected chi connectivity index (χ1v) is 7.41. The topological polar surface area (TPSA) is 9.23 Å². The monoisotopic (exact) mass is 290 g/mol. The molecule has 0 N–H and O–H groups in total. The third-order valence-corrected chi connectivity index (χ3v) is 3.80. The van der Waals surface area contributed by atoms with Crippen LogP contribution in [-0.2, 0) is 10.3 Å². The van der Waals surface area contributed by atoms with Crippen molar-refractivity contribution in [3.63, 3.8) is 0 Å². The lowest BCUT2D eigenvalue weighted by atomic mass is 9.79. The molecule has 0 aliphatic rings. The van der Waals surface area contributed by atoms with Gasteiger partial charge in [-0.3, -0.25) is 0 Å². The van der Waals surface area contributed by atoms with Gasteiger partial charge in [-0.15, -0.1) is 0 Å². The van der Waals surface area contributed by atoms with E-state index in [4.69, 9.17) is 4.74 Å². The maximum absolute atomic E-state index is 6.11. The van der Waals surface area contributed by atoms with Gasteiger partial charge in [0, 0.05) is 7.11 Å². The number of hydrogen-bond acceptors (Lipinski definition) is 1. The Bertz CT molecular complexity index is 611. The highest BCUT2D eigenvalue weighted by Gasteiger charge is 2.36. The van der Waals surface area contributed by atoms with E-state index < -0.39 is 5.60 Å². The summed E-state index contributed by atoms with van der Waals surface area (Å²) in [7, 11) is 1.76. The van der Waals surface area contributed by atoms with Gasteiger partial charge in [0.25, 0.3) is 0 Å². The summed E-state index contributed by atoms with van der Waals surface area (Å²) >= 11 is 0. The molecule has 2 rings (SSSR count). The van der Waals surface area contributed by atoms with E-state index in [1.165, 1.54) is 0 Å². The molecule has 1 heteroatoms. The predicted octanol–water partition coefficient (Wildman–Crippen LogP) is 5.27. The predicted molar refractivity (Wildman–Crippen MR) is 93.8 cm³/mol. The van der Waals surface area contributed by atoms with Gasteiger partial charge in [-0.2, -0.15) is 0 Å². The molecule has 22 heavy (non-hydrogen) atoms. The van der Waals surface area contributed by atoms with Crippen molar-refractivity contribution in [3.8, 4) is 0 Å². The molecule has 0 aliphatic carbocycles. The highest BCUT2D eigenvalue weighted by molar-refractivity contribution is 5.49. The minimum Gasteiger partial charge on any atom is -0.364 e. The molecule has 1 nitrogen and oxygen atoms in total. The summed E-state index contributed by atoms with van der Waals surface area (Å²) in [5.74, 6) is 0. The van der Waals surface area contributed by atoms with Gasteiger partial charge in [-0.05, 0) is 23.6 Å². The molecule has 0 unspecified atom stereocenters. The second-order valence-electron chi connectivity index (χ2n) is 4.96. The van der Waals surface area contributed by atoms with Crippen LogP contribution in [0.3, 0.4) is 0 Å². The van der Waals surface area contributed by atoms with Gasteiger partial charge in [-0.25, -0.2) is 0 Å². The third-order valence-electron chi connectivity index (χ3n) is 3.80. The summed E-state index contributed by atoms with van der Waals surface area (Å²) in [5.41, 5.74) is 2.65. The Morgan fingerprint density at radius 2 is 1.45 bits per heavy atom. The number of allylic oxidation sites excluding steroid dienone is 3. The lowest BCUT2D eigenvalue weighted by Gasteiger charge is -2.35. The molecule has 0 saturated heterocycles. The molecular weight excluding hydrogens is 268 g/mol. The van der Waals surface area contributed by atoms with Crippen molar-refractivity contribution in [3.05, 3.63) is 108 Å². The molecule has 0 atom stereocenters. The standard InChI is InChI=1S/C21H22O/c1-4-6-13-18(5-2)21(22-3,19-14-9-7-10-15-19)20-16-11-8-12-17-20/h4-17H,1H2,2-3H3/b13-6-,18-5+. The zero-order chi connectivity index (χ0) is 15.8. The molecule has 0 aromatic heterocycles. The van der Waals surface area contributed by atoms with Crippen LogP contribution in [0.15, 0.2) is 97.1 Å². The molecule has 0 heterocycles. The average Bonchev–Trinajstić information content (AvgIpc) is 2.60. The van der Waals surface area contributed by atoms with E-state index in [1.54, 1.807) is 13.2 Å². The first kappa shape index (κ1) is 16.0. The van der Waals surface area contributed by atoms with Gasteiger partial charge in [0.15, 0.2) is 0 Å². The van der Waals surface area contributed by atoms with E-state index in [1.807, 2.05) is 49.4 Å². The lowest BCUT2D eigenvalue weighted by Crippen LogP contribution is -2.32. The largest absolute Gasteiger partial charge is 0.364 e. The summed E-state index contributed by atoms with van der Waals surface area (Å²) < 4.78 is 6.11. The van der Waals surface area contributed by atoms with Crippen molar-refractivity contribution < 1.29 is 4.74 Å². The Balaban J connectivity index is 2.73. The Hall–Kier alpha value is -2.38. The van der Waals surface area contributed by atoms with Crippen LogP contribution in [0.2, 0.25) is 0 Å².